The molecule has 1 aliphatic heterocycles. The van der Waals surface area contributed by atoms with E-state index in [1.807, 2.05) is 0 Å². The fourth-order valence-electron chi connectivity index (χ4n) is 2.78. The van der Waals surface area contributed by atoms with E-state index in [0.717, 1.165) is 0 Å². The number of carbonyl (C=O) groups excluding carboxylic acids is 3. The highest BCUT2D eigenvalue weighted by atomic mass is 16.5. The van der Waals surface area contributed by atoms with Crippen molar-refractivity contribution in [3.05, 3.63) is 23.8 Å². The summed E-state index contributed by atoms with van der Waals surface area (Å²) in [6.07, 6.45) is 2.92. The minimum Gasteiger partial charge on any atom is -0.493 e. The SMILES string of the molecule is CCN(C(=O)C=Cc1cc(OC)c(OC)c(OC)c1)C1CC(=O)NC1=O. The molecule has 1 aromatic rings. The molecule has 0 spiro atoms. The van der Waals surface area contributed by atoms with Gasteiger partial charge in [0.2, 0.25) is 23.5 Å². The molecule has 1 fully saturated rings. The van der Waals surface area contributed by atoms with Crippen LogP contribution in [0.1, 0.15) is 18.9 Å². The van der Waals surface area contributed by atoms with E-state index in [1.54, 1.807) is 25.1 Å². The summed E-state index contributed by atoms with van der Waals surface area (Å²) >= 11 is 0. The maximum absolute atomic E-state index is 12.5. The largest absolute Gasteiger partial charge is 0.493 e. The molecule has 0 aromatic heterocycles. The molecule has 3 amide bonds. The third kappa shape index (κ3) is 3.96. The minimum absolute atomic E-state index is 0.0174. The number of hydrogen-bond donors (Lipinski definition) is 1. The van der Waals surface area contributed by atoms with Gasteiger partial charge in [-0.2, -0.15) is 0 Å². The third-order valence-corrected chi connectivity index (χ3v) is 4.05. The Labute approximate surface area is 151 Å². The second kappa shape index (κ2) is 8.37. The molecule has 0 saturated carbocycles. The van der Waals surface area contributed by atoms with Crippen LogP contribution in [0, 0.1) is 0 Å². The van der Waals surface area contributed by atoms with Gasteiger partial charge in [0.1, 0.15) is 6.04 Å². The van der Waals surface area contributed by atoms with Crippen LogP contribution in [-0.2, 0) is 14.4 Å². The van der Waals surface area contributed by atoms with Gasteiger partial charge in [0.05, 0.1) is 27.8 Å². The zero-order valence-electron chi connectivity index (χ0n) is 15.2. The summed E-state index contributed by atoms with van der Waals surface area (Å²) in [4.78, 5) is 37.0. The molecule has 0 bridgehead atoms. The molecule has 140 valence electrons. The Bertz CT molecular complexity index is 718. The molecule has 8 heteroatoms. The fraction of sp³-hybridized carbons (Fsp3) is 0.389. The molecule has 0 radical (unpaired) electrons. The highest BCUT2D eigenvalue weighted by molar-refractivity contribution is 6.07. The van der Waals surface area contributed by atoms with Crippen LogP contribution in [0.5, 0.6) is 17.2 Å². The molecule has 2 rings (SSSR count). The molecule has 1 atom stereocenters. The molecular formula is C18H22N2O6. The van der Waals surface area contributed by atoms with Crippen LogP contribution >= 0.6 is 0 Å². The zero-order chi connectivity index (χ0) is 19.3. The summed E-state index contributed by atoms with van der Waals surface area (Å²) in [6.45, 7) is 2.06. The molecule has 8 nitrogen and oxygen atoms in total. The molecule has 1 saturated heterocycles. The molecule has 1 unspecified atom stereocenters. The van der Waals surface area contributed by atoms with Crippen molar-refractivity contribution in [3.63, 3.8) is 0 Å². The monoisotopic (exact) mass is 362 g/mol. The molecule has 1 heterocycles. The van der Waals surface area contributed by atoms with Gasteiger partial charge in [-0.1, -0.05) is 0 Å². The lowest BCUT2D eigenvalue weighted by Crippen LogP contribution is -2.43. The van der Waals surface area contributed by atoms with Gasteiger partial charge in [0.15, 0.2) is 11.5 Å². The van der Waals surface area contributed by atoms with E-state index in [-0.39, 0.29) is 18.2 Å². The smallest absolute Gasteiger partial charge is 0.249 e. The van der Waals surface area contributed by atoms with Gasteiger partial charge in [-0.15, -0.1) is 0 Å². The number of likely N-dealkylation sites (N-methyl/N-ethyl adjacent to an activating group) is 1. The Balaban J connectivity index is 2.23. The summed E-state index contributed by atoms with van der Waals surface area (Å²) in [6, 6.07) is 2.63. The van der Waals surface area contributed by atoms with Crippen molar-refractivity contribution < 1.29 is 28.6 Å². The van der Waals surface area contributed by atoms with Gasteiger partial charge in [-0.3, -0.25) is 19.7 Å². The lowest BCUT2D eigenvalue weighted by atomic mass is 10.1. The lowest BCUT2D eigenvalue weighted by molar-refractivity contribution is -0.135. The number of nitrogens with zero attached hydrogens (tertiary/aromatic N) is 1. The highest BCUT2D eigenvalue weighted by Crippen LogP contribution is 2.38. The summed E-state index contributed by atoms with van der Waals surface area (Å²) in [5.74, 6) is 0.191. The number of imide groups is 1. The van der Waals surface area contributed by atoms with E-state index >= 15 is 0 Å². The summed E-state index contributed by atoms with van der Waals surface area (Å²) in [5.41, 5.74) is 0.663. The minimum atomic E-state index is -0.774. The van der Waals surface area contributed by atoms with Gasteiger partial charge in [-0.25, -0.2) is 0 Å². The summed E-state index contributed by atoms with van der Waals surface area (Å²) in [5, 5.41) is 2.21. The Morgan fingerprint density at radius 1 is 1.19 bits per heavy atom. The maximum atomic E-state index is 12.5. The Morgan fingerprint density at radius 2 is 1.81 bits per heavy atom. The van der Waals surface area contributed by atoms with Crippen molar-refractivity contribution >= 4 is 23.8 Å². The zero-order valence-corrected chi connectivity index (χ0v) is 15.2. The van der Waals surface area contributed by atoms with Crippen LogP contribution in [0.3, 0.4) is 0 Å². The first-order chi connectivity index (χ1) is 12.4. The number of rotatable bonds is 7. The highest BCUT2D eigenvalue weighted by Gasteiger charge is 2.36. The Hall–Kier alpha value is -3.03. The first-order valence-electron chi connectivity index (χ1n) is 8.07. The van der Waals surface area contributed by atoms with Crippen LogP contribution in [0.25, 0.3) is 6.08 Å². The summed E-state index contributed by atoms with van der Waals surface area (Å²) < 4.78 is 15.8. The van der Waals surface area contributed by atoms with E-state index in [1.165, 1.54) is 32.3 Å². The number of hydrogen-bond acceptors (Lipinski definition) is 6. The summed E-state index contributed by atoms with van der Waals surface area (Å²) in [7, 11) is 4.52. The second-order valence-electron chi connectivity index (χ2n) is 5.55. The van der Waals surface area contributed by atoms with Crippen molar-refractivity contribution in [2.45, 2.75) is 19.4 Å². The van der Waals surface area contributed by atoms with Gasteiger partial charge in [0, 0.05) is 12.6 Å². The lowest BCUT2D eigenvalue weighted by Gasteiger charge is -2.23. The number of carbonyl (C=O) groups is 3. The topological polar surface area (TPSA) is 94.2 Å². The Morgan fingerprint density at radius 3 is 2.23 bits per heavy atom. The van der Waals surface area contributed by atoms with Crippen molar-refractivity contribution in [1.29, 1.82) is 0 Å². The van der Waals surface area contributed by atoms with Crippen LogP contribution < -0.4 is 19.5 Å². The van der Waals surface area contributed by atoms with E-state index in [9.17, 15) is 14.4 Å². The number of ether oxygens (including phenoxy) is 3. The van der Waals surface area contributed by atoms with Crippen molar-refractivity contribution in [2.75, 3.05) is 27.9 Å². The van der Waals surface area contributed by atoms with E-state index < -0.39 is 11.9 Å². The predicted octanol–water partition coefficient (Wildman–Crippen LogP) is 0.989. The van der Waals surface area contributed by atoms with E-state index in [4.69, 9.17) is 14.2 Å². The van der Waals surface area contributed by atoms with Crippen LogP contribution in [0.15, 0.2) is 18.2 Å². The van der Waals surface area contributed by atoms with Crippen LogP contribution in [0.2, 0.25) is 0 Å². The molecule has 1 aliphatic rings. The van der Waals surface area contributed by atoms with Gasteiger partial charge in [0.25, 0.3) is 0 Å². The average Bonchev–Trinajstić information content (AvgIpc) is 2.97. The van der Waals surface area contributed by atoms with Crippen LogP contribution in [-0.4, -0.2) is 56.5 Å². The molecule has 1 N–H and O–H groups in total. The molecule has 0 aliphatic carbocycles. The quantitative estimate of drug-likeness (QED) is 0.574. The third-order valence-electron chi connectivity index (χ3n) is 4.05. The van der Waals surface area contributed by atoms with E-state index in [0.29, 0.717) is 29.4 Å². The standard InChI is InChI=1S/C18H22N2O6/c1-5-20(12-10-15(21)19-18(12)23)16(22)7-6-11-8-13(24-2)17(26-4)14(9-11)25-3/h6-9,12H,5,10H2,1-4H3,(H,19,21,23). The first-order valence-corrected chi connectivity index (χ1v) is 8.07. The van der Waals surface area contributed by atoms with Crippen LogP contribution in [0.4, 0.5) is 0 Å². The number of amides is 3. The van der Waals surface area contributed by atoms with Gasteiger partial charge in [-0.05, 0) is 30.7 Å². The van der Waals surface area contributed by atoms with Gasteiger partial charge >= 0.3 is 0 Å². The second-order valence-corrected chi connectivity index (χ2v) is 5.55. The molecule has 26 heavy (non-hydrogen) atoms. The van der Waals surface area contributed by atoms with Gasteiger partial charge < -0.3 is 19.1 Å². The normalized spacial score (nSPS) is 16.5. The number of nitrogens with one attached hydrogen (secondary N) is 1. The van der Waals surface area contributed by atoms with Crippen molar-refractivity contribution in [1.82, 2.24) is 10.2 Å². The molecule has 1 aromatic carbocycles. The Kier molecular flexibility index (Phi) is 6.21. The molecular weight excluding hydrogens is 340 g/mol. The number of methoxy groups -OCH3 is 3. The number of benzene rings is 1. The average molecular weight is 362 g/mol. The maximum Gasteiger partial charge on any atom is 0.249 e. The predicted molar refractivity (Wildman–Crippen MR) is 94.1 cm³/mol. The fourth-order valence-corrected chi connectivity index (χ4v) is 2.78. The van der Waals surface area contributed by atoms with Crippen molar-refractivity contribution in [2.24, 2.45) is 0 Å². The van der Waals surface area contributed by atoms with Crippen molar-refractivity contribution in [3.8, 4) is 17.2 Å². The first kappa shape index (κ1) is 19.3. The van der Waals surface area contributed by atoms with E-state index in [2.05, 4.69) is 5.32 Å².